The summed E-state index contributed by atoms with van der Waals surface area (Å²) in [5, 5.41) is 11.8. The first kappa shape index (κ1) is 18.2. The van der Waals surface area contributed by atoms with Gasteiger partial charge in [-0.1, -0.05) is 31.2 Å². The highest BCUT2D eigenvalue weighted by Gasteiger charge is 2.31. The fourth-order valence-corrected chi connectivity index (χ4v) is 2.90. The van der Waals surface area contributed by atoms with Crippen molar-refractivity contribution in [3.05, 3.63) is 35.4 Å². The molecule has 2 amide bonds. The summed E-state index contributed by atoms with van der Waals surface area (Å²) in [6, 6.07) is 5.44. The monoisotopic (exact) mass is 340 g/mol. The van der Waals surface area contributed by atoms with Crippen LogP contribution in [0.3, 0.4) is 0 Å². The number of halogens is 2. The van der Waals surface area contributed by atoms with Crippen LogP contribution in [0.1, 0.15) is 31.4 Å². The minimum Gasteiger partial charge on any atom is -0.481 e. The third-order valence-corrected chi connectivity index (χ3v) is 4.20. The molecule has 0 radical (unpaired) electrons. The van der Waals surface area contributed by atoms with Crippen molar-refractivity contribution in [3.8, 4) is 0 Å². The van der Waals surface area contributed by atoms with Crippen molar-refractivity contribution in [2.24, 2.45) is 11.8 Å². The van der Waals surface area contributed by atoms with Crippen molar-refractivity contribution in [1.82, 2.24) is 10.2 Å². The normalized spacial score (nSPS) is 21.4. The second-order valence-corrected chi connectivity index (χ2v) is 6.53. The van der Waals surface area contributed by atoms with Gasteiger partial charge in [-0.05, 0) is 17.9 Å². The molecule has 1 aromatic carbocycles. The highest BCUT2D eigenvalue weighted by atomic mass is 19.3. The molecule has 0 spiro atoms. The van der Waals surface area contributed by atoms with Crippen LogP contribution in [0, 0.1) is 11.8 Å². The molecule has 1 aromatic rings. The van der Waals surface area contributed by atoms with E-state index in [1.807, 2.05) is 6.92 Å². The van der Waals surface area contributed by atoms with E-state index < -0.39 is 17.8 Å². The predicted octanol–water partition coefficient (Wildman–Crippen LogP) is 3.05. The van der Waals surface area contributed by atoms with Gasteiger partial charge in [0.2, 0.25) is 0 Å². The molecule has 2 atom stereocenters. The molecular weight excluding hydrogens is 318 g/mol. The number of urea groups is 1. The summed E-state index contributed by atoms with van der Waals surface area (Å²) in [5.74, 6) is -4.21. The molecule has 0 aliphatic carbocycles. The summed E-state index contributed by atoms with van der Waals surface area (Å²) in [6.45, 7) is 3.65. The van der Waals surface area contributed by atoms with Crippen LogP contribution in [0.4, 0.5) is 13.6 Å². The van der Waals surface area contributed by atoms with E-state index in [2.05, 4.69) is 5.32 Å². The minimum atomic E-state index is -2.89. The number of nitrogens with zero attached hydrogens (tertiary/aromatic N) is 1. The van der Waals surface area contributed by atoms with E-state index in [1.54, 1.807) is 12.1 Å². The molecule has 0 saturated carbocycles. The van der Waals surface area contributed by atoms with Crippen LogP contribution in [0.15, 0.2) is 24.3 Å². The van der Waals surface area contributed by atoms with Gasteiger partial charge in [0.05, 0.1) is 5.92 Å². The smallest absolute Gasteiger partial charge is 0.317 e. The second-order valence-electron chi connectivity index (χ2n) is 6.53. The predicted molar refractivity (Wildman–Crippen MR) is 84.7 cm³/mol. The second kappa shape index (κ2) is 7.15. The topological polar surface area (TPSA) is 69.6 Å². The lowest BCUT2D eigenvalue weighted by molar-refractivity contribution is -0.143. The molecule has 1 aliphatic heterocycles. The number of carbonyl (C=O) groups excluding carboxylic acids is 1. The zero-order chi connectivity index (χ0) is 17.9. The Morgan fingerprint density at radius 3 is 2.46 bits per heavy atom. The molecule has 2 rings (SSSR count). The van der Waals surface area contributed by atoms with Crippen molar-refractivity contribution in [1.29, 1.82) is 0 Å². The van der Waals surface area contributed by atoms with Gasteiger partial charge in [-0.25, -0.2) is 13.6 Å². The molecule has 5 nitrogen and oxygen atoms in total. The molecule has 132 valence electrons. The Morgan fingerprint density at radius 2 is 1.92 bits per heavy atom. The molecule has 0 bridgehead atoms. The van der Waals surface area contributed by atoms with Crippen molar-refractivity contribution in [2.45, 2.75) is 32.7 Å². The lowest BCUT2D eigenvalue weighted by Crippen LogP contribution is -2.49. The van der Waals surface area contributed by atoms with Gasteiger partial charge >= 0.3 is 12.0 Å². The third-order valence-electron chi connectivity index (χ3n) is 4.20. The van der Waals surface area contributed by atoms with E-state index in [4.69, 9.17) is 5.11 Å². The van der Waals surface area contributed by atoms with Crippen LogP contribution in [0.25, 0.3) is 0 Å². The van der Waals surface area contributed by atoms with Crippen LogP contribution in [-0.2, 0) is 17.3 Å². The van der Waals surface area contributed by atoms with Crippen LogP contribution < -0.4 is 5.32 Å². The molecule has 24 heavy (non-hydrogen) atoms. The van der Waals surface area contributed by atoms with E-state index in [9.17, 15) is 18.4 Å². The van der Waals surface area contributed by atoms with Crippen LogP contribution in [0.2, 0.25) is 0 Å². The number of rotatable bonds is 4. The summed E-state index contributed by atoms with van der Waals surface area (Å²) in [7, 11) is 0. The number of amides is 2. The molecule has 2 N–H and O–H groups in total. The quantitative estimate of drug-likeness (QED) is 0.885. The van der Waals surface area contributed by atoms with Gasteiger partial charge < -0.3 is 15.3 Å². The standard InChI is InChI=1S/C17H22F2N2O3/c1-11-7-13(15(22)23)10-21(9-11)16(24)20-8-12-3-5-14(6-4-12)17(2,18)19/h3-6,11,13H,7-10H2,1-2H3,(H,20,24)(H,22,23). The number of piperidine rings is 1. The molecule has 1 fully saturated rings. The Morgan fingerprint density at radius 1 is 1.29 bits per heavy atom. The van der Waals surface area contributed by atoms with Crippen LogP contribution in [0.5, 0.6) is 0 Å². The van der Waals surface area contributed by atoms with E-state index in [1.165, 1.54) is 17.0 Å². The summed E-state index contributed by atoms with van der Waals surface area (Å²) < 4.78 is 26.3. The van der Waals surface area contributed by atoms with E-state index in [0.29, 0.717) is 18.5 Å². The first-order valence-corrected chi connectivity index (χ1v) is 7.89. The lowest BCUT2D eigenvalue weighted by Gasteiger charge is -2.34. The fourth-order valence-electron chi connectivity index (χ4n) is 2.90. The number of hydrogen-bond acceptors (Lipinski definition) is 2. The number of aliphatic carboxylic acids is 1. The van der Waals surface area contributed by atoms with Crippen LogP contribution in [-0.4, -0.2) is 35.1 Å². The maximum absolute atomic E-state index is 13.2. The number of alkyl halides is 2. The van der Waals surface area contributed by atoms with Gasteiger partial charge in [-0.15, -0.1) is 0 Å². The largest absolute Gasteiger partial charge is 0.481 e. The Bertz CT molecular complexity index is 599. The highest BCUT2D eigenvalue weighted by Crippen LogP contribution is 2.26. The summed E-state index contributed by atoms with van der Waals surface area (Å²) in [5.41, 5.74) is 0.628. The summed E-state index contributed by atoms with van der Waals surface area (Å²) >= 11 is 0. The molecule has 1 aliphatic rings. The van der Waals surface area contributed by atoms with Gasteiger partial charge in [0.1, 0.15) is 0 Å². The maximum Gasteiger partial charge on any atom is 0.317 e. The molecule has 1 saturated heterocycles. The van der Waals surface area contributed by atoms with Gasteiger partial charge in [-0.3, -0.25) is 4.79 Å². The number of carbonyl (C=O) groups is 2. The van der Waals surface area contributed by atoms with Crippen molar-refractivity contribution < 1.29 is 23.5 Å². The minimum absolute atomic E-state index is 0.0771. The Balaban J connectivity index is 1.91. The van der Waals surface area contributed by atoms with Gasteiger partial charge in [0, 0.05) is 32.1 Å². The fraction of sp³-hybridized carbons (Fsp3) is 0.529. The number of likely N-dealkylation sites (tertiary alicyclic amines) is 1. The zero-order valence-electron chi connectivity index (χ0n) is 13.8. The summed E-state index contributed by atoms with van der Waals surface area (Å²) in [4.78, 5) is 24.9. The molecular formula is C17H22F2N2O3. The lowest BCUT2D eigenvalue weighted by atomic mass is 9.91. The molecule has 0 aromatic heterocycles. The van der Waals surface area contributed by atoms with Crippen molar-refractivity contribution in [3.63, 3.8) is 0 Å². The number of hydrogen-bond donors (Lipinski definition) is 2. The number of carboxylic acid groups (broad SMARTS) is 1. The average Bonchev–Trinajstić information content (AvgIpc) is 2.51. The zero-order valence-corrected chi connectivity index (χ0v) is 13.8. The average molecular weight is 340 g/mol. The number of carboxylic acids is 1. The van der Waals surface area contributed by atoms with Crippen molar-refractivity contribution in [2.75, 3.05) is 13.1 Å². The van der Waals surface area contributed by atoms with E-state index >= 15 is 0 Å². The third kappa shape index (κ3) is 4.66. The number of nitrogens with one attached hydrogen (secondary N) is 1. The first-order chi connectivity index (χ1) is 11.2. The number of benzene rings is 1. The SMILES string of the molecule is CC1CC(C(=O)O)CN(C(=O)NCc2ccc(C(C)(F)F)cc2)C1. The van der Waals surface area contributed by atoms with Crippen LogP contribution >= 0.6 is 0 Å². The molecule has 1 heterocycles. The van der Waals surface area contributed by atoms with Gasteiger partial charge in [-0.2, -0.15) is 0 Å². The van der Waals surface area contributed by atoms with Gasteiger partial charge in [0.25, 0.3) is 5.92 Å². The van der Waals surface area contributed by atoms with Gasteiger partial charge in [0.15, 0.2) is 0 Å². The first-order valence-electron chi connectivity index (χ1n) is 7.89. The van der Waals surface area contributed by atoms with E-state index in [0.717, 1.165) is 6.92 Å². The Hall–Kier alpha value is -2.18. The highest BCUT2D eigenvalue weighted by molar-refractivity contribution is 5.76. The Labute approximate surface area is 139 Å². The summed E-state index contributed by atoms with van der Waals surface area (Å²) in [6.07, 6.45) is 0.561. The Kier molecular flexibility index (Phi) is 5.41. The van der Waals surface area contributed by atoms with E-state index in [-0.39, 0.29) is 30.6 Å². The maximum atomic E-state index is 13.2. The van der Waals surface area contributed by atoms with Crippen molar-refractivity contribution >= 4 is 12.0 Å². The molecule has 7 heteroatoms. The molecule has 2 unspecified atom stereocenters.